The Hall–Kier alpha value is -3.56. The van der Waals surface area contributed by atoms with Gasteiger partial charge in [0, 0.05) is 17.6 Å². The van der Waals surface area contributed by atoms with E-state index in [1.54, 1.807) is 66.7 Å². The number of methoxy groups -OCH3 is 1. The van der Waals surface area contributed by atoms with Gasteiger partial charge in [0.25, 0.3) is 10.0 Å². The van der Waals surface area contributed by atoms with Gasteiger partial charge in [-0.15, -0.1) is 0 Å². The molecule has 2 amide bonds. The van der Waals surface area contributed by atoms with E-state index in [9.17, 15) is 18.0 Å². The molecule has 0 saturated heterocycles. The fraction of sp³-hybridized carbons (Fsp3) is 0.355. The van der Waals surface area contributed by atoms with Crippen molar-refractivity contribution in [2.75, 3.05) is 18.0 Å². The first-order chi connectivity index (χ1) is 19.7. The van der Waals surface area contributed by atoms with Crippen molar-refractivity contribution in [2.24, 2.45) is 0 Å². The number of anilines is 1. The fourth-order valence-corrected chi connectivity index (χ4v) is 6.61. The van der Waals surface area contributed by atoms with Gasteiger partial charge < -0.3 is 15.0 Å². The van der Waals surface area contributed by atoms with E-state index in [-0.39, 0.29) is 23.4 Å². The van der Waals surface area contributed by atoms with Crippen LogP contribution in [0.1, 0.15) is 44.6 Å². The largest absolute Gasteiger partial charge is 0.497 e. The molecule has 0 bridgehead atoms. The van der Waals surface area contributed by atoms with E-state index in [1.807, 2.05) is 6.92 Å². The van der Waals surface area contributed by atoms with Crippen molar-refractivity contribution in [2.45, 2.75) is 62.6 Å². The first-order valence-corrected chi connectivity index (χ1v) is 15.6. The zero-order valence-corrected chi connectivity index (χ0v) is 24.9. The number of amides is 2. The molecule has 1 aliphatic carbocycles. The Morgan fingerprint density at radius 3 is 2.20 bits per heavy atom. The smallest absolute Gasteiger partial charge is 0.264 e. The monoisotopic (exact) mass is 597 g/mol. The summed E-state index contributed by atoms with van der Waals surface area (Å²) in [6.07, 6.45) is 4.31. The number of nitrogens with zero attached hydrogens (tertiary/aromatic N) is 2. The average Bonchev–Trinajstić information content (AvgIpc) is 3.50. The van der Waals surface area contributed by atoms with Gasteiger partial charge in [-0.05, 0) is 73.4 Å². The van der Waals surface area contributed by atoms with Crippen molar-refractivity contribution in [3.05, 3.63) is 89.4 Å². The minimum atomic E-state index is -4.15. The van der Waals surface area contributed by atoms with Crippen LogP contribution in [0.15, 0.2) is 83.8 Å². The Morgan fingerprint density at radius 2 is 1.61 bits per heavy atom. The van der Waals surface area contributed by atoms with E-state index < -0.39 is 28.5 Å². The van der Waals surface area contributed by atoms with E-state index in [0.717, 1.165) is 35.6 Å². The van der Waals surface area contributed by atoms with Crippen LogP contribution < -0.4 is 14.4 Å². The van der Waals surface area contributed by atoms with Gasteiger partial charge in [-0.1, -0.05) is 61.7 Å². The maximum atomic E-state index is 14.1. The molecule has 0 radical (unpaired) electrons. The summed E-state index contributed by atoms with van der Waals surface area (Å²) < 4.78 is 34.1. The van der Waals surface area contributed by atoms with Gasteiger partial charge in [-0.2, -0.15) is 0 Å². The Morgan fingerprint density at radius 1 is 0.976 bits per heavy atom. The zero-order chi connectivity index (χ0) is 29.4. The van der Waals surface area contributed by atoms with E-state index in [4.69, 9.17) is 16.3 Å². The molecule has 10 heteroatoms. The standard InChI is InChI=1S/C31H36ClN3O5S/c1-3-29(31(37)33-25-9-7-8-10-25)34(21-23-13-15-24(32)16-14-23)30(36)22-35(26-11-5-4-6-12-26)41(38,39)28-19-17-27(40-2)18-20-28/h4-6,11-20,25,29H,3,7-10,21-22H2,1-2H3,(H,33,37). The third-order valence-electron chi connectivity index (χ3n) is 7.32. The normalized spacial score (nSPS) is 14.3. The Balaban J connectivity index is 1.68. The van der Waals surface area contributed by atoms with Crippen molar-refractivity contribution in [3.63, 3.8) is 0 Å². The lowest BCUT2D eigenvalue weighted by Gasteiger charge is -2.33. The summed E-state index contributed by atoms with van der Waals surface area (Å²) >= 11 is 6.08. The molecule has 218 valence electrons. The summed E-state index contributed by atoms with van der Waals surface area (Å²) in [6, 6.07) is 20.9. The highest BCUT2D eigenvalue weighted by Crippen LogP contribution is 2.26. The second-order valence-electron chi connectivity index (χ2n) is 10.1. The van der Waals surface area contributed by atoms with Crippen molar-refractivity contribution < 1.29 is 22.7 Å². The second kappa shape index (κ2) is 13.9. The Bertz CT molecular complexity index is 1410. The molecule has 0 heterocycles. The fourth-order valence-electron chi connectivity index (χ4n) is 5.07. The summed E-state index contributed by atoms with van der Waals surface area (Å²) in [4.78, 5) is 29.1. The Labute approximate surface area is 247 Å². The number of carbonyl (C=O) groups excluding carboxylic acids is 2. The molecule has 1 aliphatic rings. The minimum absolute atomic E-state index is 0.0187. The van der Waals surface area contributed by atoms with Crippen LogP contribution >= 0.6 is 11.6 Å². The van der Waals surface area contributed by atoms with Crippen molar-refractivity contribution in [1.29, 1.82) is 0 Å². The molecule has 4 rings (SSSR count). The first kappa shape index (κ1) is 30.4. The summed E-state index contributed by atoms with van der Waals surface area (Å²) in [5.41, 5.74) is 1.12. The molecule has 1 fully saturated rings. The first-order valence-electron chi connectivity index (χ1n) is 13.8. The minimum Gasteiger partial charge on any atom is -0.497 e. The van der Waals surface area contributed by atoms with Crippen LogP contribution in [0, 0.1) is 0 Å². The van der Waals surface area contributed by atoms with Gasteiger partial charge in [0.05, 0.1) is 17.7 Å². The van der Waals surface area contributed by atoms with Gasteiger partial charge in [0.1, 0.15) is 18.3 Å². The third-order valence-corrected chi connectivity index (χ3v) is 9.36. The maximum Gasteiger partial charge on any atom is 0.264 e. The van der Waals surface area contributed by atoms with Crippen LogP contribution in [0.3, 0.4) is 0 Å². The number of rotatable bonds is 12. The molecule has 41 heavy (non-hydrogen) atoms. The number of sulfonamides is 1. The number of benzene rings is 3. The molecule has 8 nitrogen and oxygen atoms in total. The summed E-state index contributed by atoms with van der Waals surface area (Å²) in [5, 5.41) is 3.67. The number of carbonyl (C=O) groups is 2. The predicted molar refractivity (Wildman–Crippen MR) is 160 cm³/mol. The lowest BCUT2D eigenvalue weighted by Crippen LogP contribution is -2.53. The van der Waals surface area contributed by atoms with Crippen molar-refractivity contribution >= 4 is 39.1 Å². The number of hydrogen-bond donors (Lipinski definition) is 1. The zero-order valence-electron chi connectivity index (χ0n) is 23.3. The number of ether oxygens (including phenoxy) is 1. The molecular weight excluding hydrogens is 562 g/mol. The number of hydrogen-bond acceptors (Lipinski definition) is 5. The second-order valence-corrected chi connectivity index (χ2v) is 12.4. The number of nitrogens with one attached hydrogen (secondary N) is 1. The summed E-state index contributed by atoms with van der Waals surface area (Å²) in [5.74, 6) is -0.209. The molecule has 0 spiro atoms. The maximum absolute atomic E-state index is 14.1. The van der Waals surface area contributed by atoms with Gasteiger partial charge >= 0.3 is 0 Å². The lowest BCUT2D eigenvalue weighted by atomic mass is 10.1. The molecule has 1 unspecified atom stereocenters. The number of para-hydroxylation sites is 1. The van der Waals surface area contributed by atoms with Gasteiger partial charge in [-0.25, -0.2) is 8.42 Å². The van der Waals surface area contributed by atoms with Gasteiger partial charge in [-0.3, -0.25) is 13.9 Å². The molecular formula is C31H36ClN3O5S. The SMILES string of the molecule is CCC(C(=O)NC1CCCC1)N(Cc1ccc(Cl)cc1)C(=O)CN(c1ccccc1)S(=O)(=O)c1ccc(OC)cc1. The highest BCUT2D eigenvalue weighted by Gasteiger charge is 2.34. The predicted octanol–water partition coefficient (Wildman–Crippen LogP) is 5.41. The molecule has 1 saturated carbocycles. The number of halogens is 1. The van der Waals surface area contributed by atoms with Crippen LogP contribution in [0.4, 0.5) is 5.69 Å². The van der Waals surface area contributed by atoms with E-state index >= 15 is 0 Å². The summed E-state index contributed by atoms with van der Waals surface area (Å²) in [6.45, 7) is 1.49. The molecule has 1 atom stereocenters. The van der Waals surface area contributed by atoms with Crippen LogP contribution in [0.5, 0.6) is 5.75 Å². The van der Waals surface area contributed by atoms with E-state index in [0.29, 0.717) is 22.9 Å². The van der Waals surface area contributed by atoms with E-state index in [2.05, 4.69) is 5.32 Å². The third kappa shape index (κ3) is 7.59. The summed E-state index contributed by atoms with van der Waals surface area (Å²) in [7, 11) is -2.64. The lowest BCUT2D eigenvalue weighted by molar-refractivity contribution is -0.140. The molecule has 1 N–H and O–H groups in total. The molecule has 0 aliphatic heterocycles. The van der Waals surface area contributed by atoms with Crippen LogP contribution in [0.2, 0.25) is 5.02 Å². The molecule has 3 aromatic rings. The van der Waals surface area contributed by atoms with Gasteiger partial charge in [0.15, 0.2) is 0 Å². The highest BCUT2D eigenvalue weighted by atomic mass is 35.5. The highest BCUT2D eigenvalue weighted by molar-refractivity contribution is 7.92. The molecule has 3 aromatic carbocycles. The van der Waals surface area contributed by atoms with Crippen LogP contribution in [-0.2, 0) is 26.2 Å². The molecule has 0 aromatic heterocycles. The average molecular weight is 598 g/mol. The van der Waals surface area contributed by atoms with Crippen LogP contribution in [-0.4, -0.2) is 50.9 Å². The van der Waals surface area contributed by atoms with Crippen molar-refractivity contribution in [1.82, 2.24) is 10.2 Å². The van der Waals surface area contributed by atoms with Crippen LogP contribution in [0.25, 0.3) is 0 Å². The van der Waals surface area contributed by atoms with E-state index in [1.165, 1.54) is 24.1 Å². The van der Waals surface area contributed by atoms with Gasteiger partial charge in [0.2, 0.25) is 11.8 Å². The van der Waals surface area contributed by atoms with Crippen molar-refractivity contribution in [3.8, 4) is 5.75 Å². The Kier molecular flexibility index (Phi) is 10.3. The quantitative estimate of drug-likeness (QED) is 0.301. The topological polar surface area (TPSA) is 96.0 Å².